The Kier molecular flexibility index (Phi) is 129. The van der Waals surface area contributed by atoms with Gasteiger partial charge in [-0.1, -0.05) is 0 Å². The van der Waals surface area contributed by atoms with Gasteiger partial charge >= 0.3 is 43.4 Å². The molecule has 18 heavy (non-hydrogen) atoms. The zero-order valence-corrected chi connectivity index (χ0v) is 13.2. The van der Waals surface area contributed by atoms with Gasteiger partial charge in [-0.3, -0.25) is 0 Å². The molecule has 4 N–H and O–H groups in total. The molecule has 0 saturated carbocycles. The van der Waals surface area contributed by atoms with Crippen LogP contribution in [0.4, 0.5) is 0 Å². The number of aliphatic hydroxyl groups is 4. The van der Waals surface area contributed by atoms with Crippen molar-refractivity contribution in [3.8, 4) is 0 Å². The van der Waals surface area contributed by atoms with Crippen molar-refractivity contribution in [2.24, 2.45) is 0 Å². The Hall–Kier alpha value is 1.11. The van der Waals surface area contributed by atoms with Gasteiger partial charge in [-0.25, -0.2) is 0 Å². The molecule has 8 nitrogen and oxygen atoms in total. The average molecular weight is 340 g/mol. The van der Waals surface area contributed by atoms with Crippen LogP contribution in [0.25, 0.3) is 0 Å². The molecule has 0 unspecified atom stereocenters. The summed E-state index contributed by atoms with van der Waals surface area (Å²) in [5, 5.41) is 66.4. The van der Waals surface area contributed by atoms with E-state index in [0.29, 0.717) is 0 Å². The van der Waals surface area contributed by atoms with E-state index >= 15 is 0 Å². The fourth-order valence-electron chi connectivity index (χ4n) is 0. The number of hydrogen-bond donors (Lipinski definition) is 4. The largest absolute Gasteiger partial charge is 2.00 e. The molecular weight excluding hydrogens is 320 g/mol. The minimum Gasteiger partial charge on any atom is -0.853 e. The molecule has 0 rings (SSSR count). The summed E-state index contributed by atoms with van der Waals surface area (Å²) < 4.78 is 0. The van der Waals surface area contributed by atoms with Crippen molar-refractivity contribution in [2.75, 3.05) is 52.9 Å². The van der Waals surface area contributed by atoms with Crippen molar-refractivity contribution in [1.82, 2.24) is 0 Å². The molecule has 0 aromatic carbocycles. The fourth-order valence-corrected chi connectivity index (χ4v) is 0. The van der Waals surface area contributed by atoms with E-state index in [1.165, 1.54) is 0 Å². The van der Waals surface area contributed by atoms with Gasteiger partial charge in [-0.05, 0) is 0 Å². The van der Waals surface area contributed by atoms with E-state index < -0.39 is 0 Å². The van der Waals surface area contributed by atoms with Crippen LogP contribution in [-0.4, -0.2) is 73.3 Å². The summed E-state index contributed by atoms with van der Waals surface area (Å²) in [6.07, 6.45) is 0. The Bertz CT molecular complexity index is 49.1. The summed E-state index contributed by atoms with van der Waals surface area (Å²) in [5.41, 5.74) is 0. The molecule has 0 bridgehead atoms. The quantitative estimate of drug-likeness (QED) is 0.365. The Morgan fingerprint density at radius 3 is 0.500 bits per heavy atom. The predicted molar refractivity (Wildman–Crippen MR) is 47.8 cm³/mol. The molecule has 0 aromatic heterocycles. The molecule has 0 atom stereocenters. The van der Waals surface area contributed by atoms with E-state index in [9.17, 15) is 0 Å². The normalized spacial score (nSPS) is 6.67. The summed E-state index contributed by atoms with van der Waals surface area (Å²) in [6.45, 7) is -2.44. The molecule has 0 fully saturated rings. The molecule has 0 heterocycles. The molecule has 108 valence electrons. The first-order chi connectivity index (χ1) is 7.66. The third-order valence-corrected chi connectivity index (χ3v) is 0.365. The molecule has 0 aliphatic rings. The van der Waals surface area contributed by atoms with E-state index in [4.69, 9.17) is 40.9 Å². The fraction of sp³-hybridized carbons (Fsp3) is 1.00. The second kappa shape index (κ2) is 63.9. The number of aliphatic hydroxyl groups excluding tert-OH is 4. The van der Waals surface area contributed by atoms with E-state index in [2.05, 4.69) is 0 Å². The van der Waals surface area contributed by atoms with Crippen molar-refractivity contribution < 1.29 is 84.3 Å². The molecule has 10 heteroatoms. The Labute approximate surface area is 137 Å². The van der Waals surface area contributed by atoms with Crippen LogP contribution in [0.1, 0.15) is 0 Å². The Morgan fingerprint density at radius 1 is 0.444 bits per heavy atom. The molecule has 0 aromatic rings. The van der Waals surface area contributed by atoms with Gasteiger partial charge in [0.25, 0.3) is 0 Å². The second-order valence-corrected chi connectivity index (χ2v) is 1.71. The smallest absolute Gasteiger partial charge is 0.853 e. The van der Waals surface area contributed by atoms with Gasteiger partial charge < -0.3 is 40.9 Å². The van der Waals surface area contributed by atoms with Gasteiger partial charge in [0.05, 0.1) is 0 Å². The topological polar surface area (TPSA) is 173 Å². The summed E-state index contributed by atoms with van der Waals surface area (Å²) in [4.78, 5) is 0. The van der Waals surface area contributed by atoms with Crippen LogP contribution >= 0.6 is 0 Å². The van der Waals surface area contributed by atoms with Crippen molar-refractivity contribution in [3.05, 3.63) is 0 Å². The minimum absolute atomic E-state index is 0. The standard InChI is InChI=1S/4C2H5O2.2Ti/c4*3-1-2-4;;/h4*3H,1-2H2;;/q4*-1;2*+2. The third-order valence-electron chi connectivity index (χ3n) is 0.365. The van der Waals surface area contributed by atoms with Gasteiger partial charge in [0, 0.05) is 26.4 Å². The number of rotatable bonds is 4. The van der Waals surface area contributed by atoms with E-state index in [0.717, 1.165) is 0 Å². The summed E-state index contributed by atoms with van der Waals surface area (Å²) in [7, 11) is 0. The molecule has 0 aliphatic heterocycles. The molecule has 0 aliphatic carbocycles. The van der Waals surface area contributed by atoms with Gasteiger partial charge in [-0.15, -0.1) is 26.4 Å². The Balaban J connectivity index is -0.0000000257. The zero-order chi connectivity index (χ0) is 13.7. The van der Waals surface area contributed by atoms with Crippen LogP contribution in [0.3, 0.4) is 0 Å². The maximum Gasteiger partial charge on any atom is 2.00 e. The zero-order valence-electron chi connectivity index (χ0n) is 10.1. The maximum atomic E-state index is 9.05. The van der Waals surface area contributed by atoms with Crippen molar-refractivity contribution >= 4 is 0 Å². The van der Waals surface area contributed by atoms with Crippen molar-refractivity contribution in [3.63, 3.8) is 0 Å². The van der Waals surface area contributed by atoms with Crippen LogP contribution < -0.4 is 20.4 Å². The first kappa shape index (κ1) is 36.5. The van der Waals surface area contributed by atoms with Crippen LogP contribution in [0.15, 0.2) is 0 Å². The van der Waals surface area contributed by atoms with Gasteiger partial charge in [0.1, 0.15) is 0 Å². The van der Waals surface area contributed by atoms with Crippen molar-refractivity contribution in [1.29, 1.82) is 0 Å². The number of hydrogen-bond acceptors (Lipinski definition) is 8. The van der Waals surface area contributed by atoms with Crippen LogP contribution in [0, 0.1) is 0 Å². The average Bonchev–Trinajstić information content (AvgIpc) is 2.39. The van der Waals surface area contributed by atoms with E-state index in [1.54, 1.807) is 0 Å². The third kappa shape index (κ3) is 170. The van der Waals surface area contributed by atoms with Gasteiger partial charge in [-0.2, -0.15) is 0 Å². The van der Waals surface area contributed by atoms with Gasteiger partial charge in [0.2, 0.25) is 0 Å². The van der Waals surface area contributed by atoms with Crippen molar-refractivity contribution in [2.45, 2.75) is 0 Å². The molecule has 0 saturated heterocycles. The second-order valence-electron chi connectivity index (χ2n) is 1.71. The maximum absolute atomic E-state index is 9.05. The summed E-state index contributed by atoms with van der Waals surface area (Å²) in [6, 6.07) is 0. The van der Waals surface area contributed by atoms with Crippen LogP contribution in [0.2, 0.25) is 0 Å². The van der Waals surface area contributed by atoms with Crippen LogP contribution in [-0.2, 0) is 43.4 Å². The van der Waals surface area contributed by atoms with Gasteiger partial charge in [0.15, 0.2) is 0 Å². The monoisotopic (exact) mass is 340 g/mol. The predicted octanol–water partition coefficient (Wildman–Crippen LogP) is -6.65. The molecular formula is C8H20O8Ti2. The first-order valence-corrected chi connectivity index (χ1v) is 4.42. The first-order valence-electron chi connectivity index (χ1n) is 4.42. The molecule has 0 radical (unpaired) electrons. The van der Waals surface area contributed by atoms with Crippen LogP contribution in [0.5, 0.6) is 0 Å². The SMILES string of the molecule is [O-]CCO.[O-]CCO.[O-]CCO.[O-]CCO.[Ti+2].[Ti+2]. The minimum atomic E-state index is -0.375. The summed E-state index contributed by atoms with van der Waals surface area (Å²) in [5.74, 6) is 0. The Morgan fingerprint density at radius 2 is 0.500 bits per heavy atom. The van der Waals surface area contributed by atoms with E-state index in [1.807, 2.05) is 0 Å². The molecule has 0 amide bonds. The molecule has 0 spiro atoms. The summed E-state index contributed by atoms with van der Waals surface area (Å²) >= 11 is 0. The van der Waals surface area contributed by atoms with E-state index in [-0.39, 0.29) is 96.3 Å².